The van der Waals surface area contributed by atoms with E-state index >= 15 is 0 Å². The van der Waals surface area contributed by atoms with E-state index in [0.29, 0.717) is 29.1 Å². The summed E-state index contributed by atoms with van der Waals surface area (Å²) < 4.78 is 21.3. The van der Waals surface area contributed by atoms with Gasteiger partial charge in [-0.2, -0.15) is 10.4 Å². The number of anilines is 1. The number of nitrogens with one attached hydrogen (secondary N) is 2. The minimum atomic E-state index is -1.65. The zero-order valence-electron chi connectivity index (χ0n) is 23.9. The Morgan fingerprint density at radius 1 is 1.22 bits per heavy atom. The number of rotatable bonds is 10. The Morgan fingerprint density at radius 2 is 1.95 bits per heavy atom. The van der Waals surface area contributed by atoms with Crippen molar-refractivity contribution in [1.29, 1.82) is 5.26 Å². The van der Waals surface area contributed by atoms with Crippen molar-refractivity contribution in [3.63, 3.8) is 0 Å². The van der Waals surface area contributed by atoms with E-state index in [1.54, 1.807) is 16.6 Å². The van der Waals surface area contributed by atoms with E-state index in [1.165, 1.54) is 26.2 Å². The number of carbonyl (C=O) groups is 2. The summed E-state index contributed by atoms with van der Waals surface area (Å²) in [5.41, 5.74) is 1.61. The van der Waals surface area contributed by atoms with Crippen LogP contribution in [0.4, 0.5) is 10.1 Å². The molecule has 3 heterocycles. The third-order valence-corrected chi connectivity index (χ3v) is 7.28. The number of pyridine rings is 1. The molecule has 0 aliphatic heterocycles. The van der Waals surface area contributed by atoms with Crippen LogP contribution >= 0.6 is 0 Å². The highest BCUT2D eigenvalue weighted by Gasteiger charge is 2.28. The lowest BCUT2D eigenvalue weighted by atomic mass is 9.84. The second-order valence-corrected chi connectivity index (χ2v) is 11.5. The number of halogens is 1. The van der Waals surface area contributed by atoms with Gasteiger partial charge in [-0.15, -0.1) is 0 Å². The first-order chi connectivity index (χ1) is 19.4. The Kier molecular flexibility index (Phi) is 9.23. The maximum atomic E-state index is 14.3. The first kappa shape index (κ1) is 29.9. The van der Waals surface area contributed by atoms with Gasteiger partial charge in [-0.1, -0.05) is 0 Å². The molecule has 10 nitrogen and oxygen atoms in total. The molecule has 0 bridgehead atoms. The highest BCUT2D eigenvalue weighted by Crippen LogP contribution is 2.32. The molecular weight excluding hydrogens is 527 g/mol. The second kappa shape index (κ2) is 12.6. The summed E-state index contributed by atoms with van der Waals surface area (Å²) in [6.45, 7) is 6.02. The van der Waals surface area contributed by atoms with Crippen molar-refractivity contribution in [2.75, 3.05) is 11.9 Å². The molecule has 218 valence electrons. The molecule has 1 atom stereocenters. The van der Waals surface area contributed by atoms with Gasteiger partial charge in [0.05, 0.1) is 58.2 Å². The fourth-order valence-electron chi connectivity index (χ4n) is 4.95. The molecule has 41 heavy (non-hydrogen) atoms. The molecular formula is C30H37FN6O4. The Labute approximate surface area is 238 Å². The maximum Gasteiger partial charge on any atom is 0.306 e. The molecule has 3 N–H and O–H groups in total. The van der Waals surface area contributed by atoms with Crippen LogP contribution in [-0.2, 0) is 9.53 Å². The number of hydrogen-bond acceptors (Lipinski definition) is 8. The standard InChI is InChI=1S/C30H37FN6O4/c1-18(2)41-28(38)12-19-5-7-21(8-6-19)36-24-13-25(26-10-9-22-11-20(14-32)15-35-37(22)26)33-16-23(24)29(39)34-17-27(31)30(3,4)40/h9-11,13,15-16,18-19,21,27,40H,5-8,12,17H2,1-4H3,(H,33,36)(H,34,39)/t19?,21?,27-/m1/s1. The lowest BCUT2D eigenvalue weighted by molar-refractivity contribution is -0.148. The zero-order chi connectivity index (χ0) is 29.7. The van der Waals surface area contributed by atoms with E-state index in [0.717, 1.165) is 31.2 Å². The zero-order valence-corrected chi connectivity index (χ0v) is 23.9. The summed E-state index contributed by atoms with van der Waals surface area (Å²) >= 11 is 0. The largest absolute Gasteiger partial charge is 0.463 e. The molecule has 1 aliphatic rings. The molecule has 11 heteroatoms. The highest BCUT2D eigenvalue weighted by atomic mass is 19.1. The predicted molar refractivity (Wildman–Crippen MR) is 152 cm³/mol. The second-order valence-electron chi connectivity index (χ2n) is 11.5. The van der Waals surface area contributed by atoms with E-state index in [2.05, 4.69) is 26.8 Å². The quantitative estimate of drug-likeness (QED) is 0.307. The van der Waals surface area contributed by atoms with Gasteiger partial charge >= 0.3 is 5.97 Å². The van der Waals surface area contributed by atoms with Crippen molar-refractivity contribution in [3.8, 4) is 17.5 Å². The molecule has 0 aromatic carbocycles. The van der Waals surface area contributed by atoms with Gasteiger partial charge in [0.1, 0.15) is 12.2 Å². The molecule has 0 saturated heterocycles. The average Bonchev–Trinajstić information content (AvgIpc) is 3.34. The Hall–Kier alpha value is -4.04. The van der Waals surface area contributed by atoms with E-state index in [4.69, 9.17) is 4.74 Å². The van der Waals surface area contributed by atoms with E-state index < -0.39 is 17.7 Å². The fourth-order valence-corrected chi connectivity index (χ4v) is 4.95. The van der Waals surface area contributed by atoms with Crippen LogP contribution in [0.5, 0.6) is 0 Å². The maximum absolute atomic E-state index is 14.3. The molecule has 0 spiro atoms. The minimum absolute atomic E-state index is 0.0554. The van der Waals surface area contributed by atoms with Crippen LogP contribution in [-0.4, -0.2) is 62.0 Å². The summed E-state index contributed by atoms with van der Waals surface area (Å²) in [4.78, 5) is 29.8. The van der Waals surface area contributed by atoms with Gasteiger partial charge in [0.15, 0.2) is 0 Å². The van der Waals surface area contributed by atoms with E-state index in [1.807, 2.05) is 26.0 Å². The van der Waals surface area contributed by atoms with Crippen molar-refractivity contribution in [3.05, 3.63) is 47.8 Å². The lowest BCUT2D eigenvalue weighted by Gasteiger charge is -2.30. The van der Waals surface area contributed by atoms with Crippen LogP contribution < -0.4 is 10.6 Å². The predicted octanol–water partition coefficient (Wildman–Crippen LogP) is 4.42. The van der Waals surface area contributed by atoms with Crippen LogP contribution in [0.25, 0.3) is 16.9 Å². The first-order valence-electron chi connectivity index (χ1n) is 13.9. The van der Waals surface area contributed by atoms with Gasteiger partial charge in [0.2, 0.25) is 0 Å². The third kappa shape index (κ3) is 7.58. The van der Waals surface area contributed by atoms with Crippen LogP contribution in [0.2, 0.25) is 0 Å². The number of hydrogen-bond donors (Lipinski definition) is 3. The van der Waals surface area contributed by atoms with Gasteiger partial charge < -0.3 is 20.5 Å². The molecule has 1 aliphatic carbocycles. The van der Waals surface area contributed by atoms with Crippen molar-refractivity contribution < 1.29 is 23.8 Å². The molecule has 0 radical (unpaired) electrons. The normalized spacial score (nSPS) is 18.1. The van der Waals surface area contributed by atoms with Crippen molar-refractivity contribution >= 4 is 23.1 Å². The number of ether oxygens (including phenoxy) is 1. The molecule has 1 fully saturated rings. The van der Waals surface area contributed by atoms with Gasteiger partial charge in [-0.3, -0.25) is 14.6 Å². The number of esters is 1. The number of fused-ring (bicyclic) bond motifs is 1. The Balaban J connectivity index is 1.55. The average molecular weight is 565 g/mol. The van der Waals surface area contributed by atoms with E-state index in [9.17, 15) is 24.3 Å². The first-order valence-corrected chi connectivity index (χ1v) is 13.9. The summed E-state index contributed by atoms with van der Waals surface area (Å²) in [5, 5.41) is 29.5. The number of nitrogens with zero attached hydrogens (tertiary/aromatic N) is 4. The highest BCUT2D eigenvalue weighted by molar-refractivity contribution is 6.00. The van der Waals surface area contributed by atoms with Crippen molar-refractivity contribution in [1.82, 2.24) is 19.9 Å². The summed E-state index contributed by atoms with van der Waals surface area (Å²) in [5.74, 6) is -0.448. The number of nitriles is 1. The van der Waals surface area contributed by atoms with E-state index in [-0.39, 0.29) is 36.1 Å². The smallest absolute Gasteiger partial charge is 0.306 e. The van der Waals surface area contributed by atoms with Crippen LogP contribution in [0.1, 0.15) is 75.7 Å². The molecule has 3 aromatic rings. The number of amides is 1. The minimum Gasteiger partial charge on any atom is -0.463 e. The lowest BCUT2D eigenvalue weighted by Crippen LogP contribution is -2.42. The molecule has 0 unspecified atom stereocenters. The fraction of sp³-hybridized carbons (Fsp3) is 0.500. The number of aromatic nitrogens is 3. The van der Waals surface area contributed by atoms with Crippen molar-refractivity contribution in [2.24, 2.45) is 5.92 Å². The molecule has 1 saturated carbocycles. The summed E-state index contributed by atoms with van der Waals surface area (Å²) in [6, 6.07) is 9.31. The number of aliphatic hydroxyl groups is 1. The van der Waals surface area contributed by atoms with Crippen LogP contribution in [0.3, 0.4) is 0 Å². The monoisotopic (exact) mass is 564 g/mol. The number of alkyl halides is 1. The molecule has 1 amide bonds. The van der Waals surface area contributed by atoms with Crippen molar-refractivity contribution in [2.45, 2.75) is 83.7 Å². The van der Waals surface area contributed by atoms with Gasteiger partial charge in [0.25, 0.3) is 5.91 Å². The summed E-state index contributed by atoms with van der Waals surface area (Å²) in [7, 11) is 0. The molecule has 4 rings (SSSR count). The molecule has 3 aromatic heterocycles. The van der Waals surface area contributed by atoms with Gasteiger partial charge in [-0.05, 0) is 83.6 Å². The number of carbonyl (C=O) groups excluding carboxylic acids is 2. The topological polar surface area (TPSA) is 142 Å². The van der Waals surface area contributed by atoms with Crippen LogP contribution in [0.15, 0.2) is 36.7 Å². The van der Waals surface area contributed by atoms with Gasteiger partial charge in [-0.25, -0.2) is 8.91 Å². The van der Waals surface area contributed by atoms with Gasteiger partial charge in [0, 0.05) is 18.7 Å². The van der Waals surface area contributed by atoms with Crippen LogP contribution in [0, 0.1) is 17.2 Å². The SMILES string of the molecule is CC(C)OC(=O)CC1CCC(Nc2cc(-c3ccc4cc(C#N)cnn34)ncc2C(=O)NC[C@@H](F)C(C)(C)O)CC1. The Bertz CT molecular complexity index is 1430. The third-order valence-electron chi connectivity index (χ3n) is 7.28. The Morgan fingerprint density at radius 3 is 2.61 bits per heavy atom. The summed E-state index contributed by atoms with van der Waals surface area (Å²) in [6.07, 6.45) is 4.82.